The summed E-state index contributed by atoms with van der Waals surface area (Å²) < 4.78 is 0. The Morgan fingerprint density at radius 2 is 1.62 bits per heavy atom. The molecule has 2 N–H and O–H groups in total. The molecule has 0 bridgehead atoms. The van der Waals surface area contributed by atoms with Crippen LogP contribution in [0.25, 0.3) is 0 Å². The molecule has 2 fully saturated rings. The molecule has 7 nitrogen and oxygen atoms in total. The Hall–Kier alpha value is -2.67. The van der Waals surface area contributed by atoms with Gasteiger partial charge in [-0.05, 0) is 44.2 Å². The van der Waals surface area contributed by atoms with E-state index in [9.17, 15) is 4.79 Å². The third-order valence-electron chi connectivity index (χ3n) is 5.85. The van der Waals surface area contributed by atoms with Gasteiger partial charge in [-0.3, -0.25) is 4.79 Å². The topological polar surface area (TPSA) is 73.4 Å². The summed E-state index contributed by atoms with van der Waals surface area (Å²) in [6, 6.07) is 8.62. The van der Waals surface area contributed by atoms with Gasteiger partial charge in [0, 0.05) is 56.0 Å². The second-order valence-corrected chi connectivity index (χ2v) is 8.07. The van der Waals surface area contributed by atoms with Gasteiger partial charge in [-0.25, -0.2) is 9.97 Å². The molecule has 0 spiro atoms. The first kappa shape index (κ1) is 19.6. The number of nitrogens with one attached hydrogen (secondary N) is 2. The summed E-state index contributed by atoms with van der Waals surface area (Å²) >= 11 is 0. The van der Waals surface area contributed by atoms with E-state index in [2.05, 4.69) is 49.6 Å². The van der Waals surface area contributed by atoms with Crippen molar-refractivity contribution in [2.45, 2.75) is 38.1 Å². The third-order valence-corrected chi connectivity index (χ3v) is 5.85. The average molecular weight is 395 g/mol. The van der Waals surface area contributed by atoms with Crippen molar-refractivity contribution in [2.24, 2.45) is 0 Å². The van der Waals surface area contributed by atoms with E-state index in [4.69, 9.17) is 0 Å². The van der Waals surface area contributed by atoms with Crippen LogP contribution in [0.1, 0.15) is 42.5 Å². The number of carbonyl (C=O) groups is 1. The number of likely N-dealkylation sites (N-methyl/N-ethyl adjacent to an activating group) is 1. The third kappa shape index (κ3) is 5.23. The van der Waals surface area contributed by atoms with Crippen LogP contribution in [0, 0.1) is 0 Å². The van der Waals surface area contributed by atoms with Gasteiger partial charge in [0.05, 0.1) is 5.56 Å². The van der Waals surface area contributed by atoms with Crippen molar-refractivity contribution in [2.75, 3.05) is 43.4 Å². The Balaban J connectivity index is 1.32. The van der Waals surface area contributed by atoms with E-state index in [0.717, 1.165) is 44.7 Å². The molecule has 2 heterocycles. The second-order valence-electron chi connectivity index (χ2n) is 8.07. The highest BCUT2D eigenvalue weighted by Crippen LogP contribution is 2.21. The zero-order valence-corrected chi connectivity index (χ0v) is 17.1. The lowest BCUT2D eigenvalue weighted by Crippen LogP contribution is -2.44. The van der Waals surface area contributed by atoms with Crippen LogP contribution in [0.4, 0.5) is 17.3 Å². The number of hydrogen-bond acceptors (Lipinski definition) is 6. The highest BCUT2D eigenvalue weighted by molar-refractivity contribution is 5.93. The van der Waals surface area contributed by atoms with Crippen molar-refractivity contribution < 1.29 is 4.79 Å². The zero-order chi connectivity index (χ0) is 20.1. The average Bonchev–Trinajstić information content (AvgIpc) is 2.76. The molecule has 1 aliphatic heterocycles. The van der Waals surface area contributed by atoms with Gasteiger partial charge in [-0.2, -0.15) is 0 Å². The number of anilines is 3. The molecular weight excluding hydrogens is 364 g/mol. The molecule has 1 saturated heterocycles. The van der Waals surface area contributed by atoms with Crippen molar-refractivity contribution in [3.63, 3.8) is 0 Å². The fraction of sp³-hybridized carbons (Fsp3) is 0.500. The maximum Gasteiger partial charge on any atom is 0.254 e. The zero-order valence-electron chi connectivity index (χ0n) is 17.1. The van der Waals surface area contributed by atoms with Crippen LogP contribution in [0.5, 0.6) is 0 Å². The predicted octanol–water partition coefficient (Wildman–Crippen LogP) is 3.03. The van der Waals surface area contributed by atoms with E-state index in [-0.39, 0.29) is 11.9 Å². The minimum Gasteiger partial charge on any atom is -0.369 e. The quantitative estimate of drug-likeness (QED) is 0.812. The van der Waals surface area contributed by atoms with Crippen LogP contribution in [0.15, 0.2) is 36.7 Å². The lowest BCUT2D eigenvalue weighted by Gasteiger charge is -2.34. The number of aromatic nitrogens is 2. The molecule has 2 aromatic rings. The van der Waals surface area contributed by atoms with Crippen LogP contribution in [0.2, 0.25) is 0 Å². The van der Waals surface area contributed by atoms with Gasteiger partial charge in [0.15, 0.2) is 0 Å². The van der Waals surface area contributed by atoms with Crippen LogP contribution in [-0.4, -0.2) is 60.0 Å². The smallest absolute Gasteiger partial charge is 0.254 e. The molecular formula is C22H30N6O. The Morgan fingerprint density at radius 3 is 2.28 bits per heavy atom. The van der Waals surface area contributed by atoms with E-state index in [0.29, 0.717) is 11.5 Å². The Bertz CT molecular complexity index is 793. The summed E-state index contributed by atoms with van der Waals surface area (Å²) in [7, 11) is 2.16. The molecule has 1 aromatic carbocycles. The Morgan fingerprint density at radius 1 is 0.966 bits per heavy atom. The first-order valence-electron chi connectivity index (χ1n) is 10.6. The van der Waals surface area contributed by atoms with Gasteiger partial charge in [0.25, 0.3) is 5.91 Å². The number of amides is 1. The summed E-state index contributed by atoms with van der Waals surface area (Å²) in [5.41, 5.74) is 2.67. The van der Waals surface area contributed by atoms with E-state index < -0.39 is 0 Å². The standard InChI is InChI=1S/C22H30N6O/c1-27-11-13-28(14-12-27)20-9-7-19(8-10-20)26-22-23-15-17(16-24-22)21(29)25-18-5-3-2-4-6-18/h7-10,15-16,18H,2-6,11-14H2,1H3,(H,25,29)(H,23,24,26). The van der Waals surface area contributed by atoms with E-state index >= 15 is 0 Å². The van der Waals surface area contributed by atoms with Crippen molar-refractivity contribution >= 4 is 23.2 Å². The summed E-state index contributed by atoms with van der Waals surface area (Å²) in [5, 5.41) is 6.31. The first-order valence-corrected chi connectivity index (χ1v) is 10.6. The molecule has 2 aliphatic rings. The summed E-state index contributed by atoms with van der Waals surface area (Å²) in [6.45, 7) is 4.29. The highest BCUT2D eigenvalue weighted by Gasteiger charge is 2.17. The molecule has 29 heavy (non-hydrogen) atoms. The molecule has 0 unspecified atom stereocenters. The number of carbonyl (C=O) groups excluding carboxylic acids is 1. The fourth-order valence-corrected chi connectivity index (χ4v) is 3.97. The lowest BCUT2D eigenvalue weighted by atomic mass is 9.95. The molecule has 1 saturated carbocycles. The van der Waals surface area contributed by atoms with E-state index in [1.54, 1.807) is 12.4 Å². The SMILES string of the molecule is CN1CCN(c2ccc(Nc3ncc(C(=O)NC4CCCCC4)cn3)cc2)CC1. The lowest BCUT2D eigenvalue weighted by molar-refractivity contribution is 0.0927. The minimum atomic E-state index is -0.0834. The fourth-order valence-electron chi connectivity index (χ4n) is 3.97. The second kappa shape index (κ2) is 9.22. The molecule has 4 rings (SSSR count). The number of rotatable bonds is 5. The van der Waals surface area contributed by atoms with Gasteiger partial charge in [-0.1, -0.05) is 19.3 Å². The van der Waals surface area contributed by atoms with Crippen molar-refractivity contribution in [1.29, 1.82) is 0 Å². The minimum absolute atomic E-state index is 0.0834. The number of nitrogens with zero attached hydrogens (tertiary/aromatic N) is 4. The first-order chi connectivity index (χ1) is 14.2. The van der Waals surface area contributed by atoms with Crippen molar-refractivity contribution in [3.05, 3.63) is 42.2 Å². The molecule has 154 valence electrons. The summed E-state index contributed by atoms with van der Waals surface area (Å²) in [4.78, 5) is 25.7. The summed E-state index contributed by atoms with van der Waals surface area (Å²) in [5.74, 6) is 0.409. The molecule has 7 heteroatoms. The summed E-state index contributed by atoms with van der Waals surface area (Å²) in [6.07, 6.45) is 8.97. The molecule has 1 amide bonds. The van der Waals surface area contributed by atoms with Gasteiger partial charge < -0.3 is 20.4 Å². The Kier molecular flexibility index (Phi) is 6.24. The molecule has 0 atom stereocenters. The van der Waals surface area contributed by atoms with Crippen molar-refractivity contribution in [1.82, 2.24) is 20.2 Å². The maximum atomic E-state index is 12.4. The number of piperazine rings is 1. The normalized spacial score (nSPS) is 18.4. The van der Waals surface area contributed by atoms with Crippen LogP contribution < -0.4 is 15.5 Å². The van der Waals surface area contributed by atoms with Crippen LogP contribution in [0.3, 0.4) is 0 Å². The van der Waals surface area contributed by atoms with Gasteiger partial charge in [0.1, 0.15) is 0 Å². The van der Waals surface area contributed by atoms with Gasteiger partial charge >= 0.3 is 0 Å². The maximum absolute atomic E-state index is 12.4. The Labute approximate surface area is 172 Å². The monoisotopic (exact) mass is 394 g/mol. The largest absolute Gasteiger partial charge is 0.369 e. The van der Waals surface area contributed by atoms with Gasteiger partial charge in [0.2, 0.25) is 5.95 Å². The molecule has 1 aromatic heterocycles. The number of hydrogen-bond donors (Lipinski definition) is 2. The molecule has 1 aliphatic carbocycles. The van der Waals surface area contributed by atoms with Crippen LogP contribution >= 0.6 is 0 Å². The molecule has 0 radical (unpaired) electrons. The van der Waals surface area contributed by atoms with E-state index in [1.807, 2.05) is 12.1 Å². The van der Waals surface area contributed by atoms with Gasteiger partial charge in [-0.15, -0.1) is 0 Å². The van der Waals surface area contributed by atoms with Crippen LogP contribution in [-0.2, 0) is 0 Å². The van der Waals surface area contributed by atoms with Crippen molar-refractivity contribution in [3.8, 4) is 0 Å². The predicted molar refractivity (Wildman–Crippen MR) is 116 cm³/mol. The van der Waals surface area contributed by atoms with E-state index in [1.165, 1.54) is 24.9 Å². The number of benzene rings is 1. The highest BCUT2D eigenvalue weighted by atomic mass is 16.1.